The molecule has 0 aliphatic carbocycles. The zero-order chi connectivity index (χ0) is 11.8. The fourth-order valence-electron chi connectivity index (χ4n) is 2.72. The van der Waals surface area contributed by atoms with Crippen molar-refractivity contribution in [3.05, 3.63) is 17.0 Å². The third kappa shape index (κ3) is 2.41. The van der Waals surface area contributed by atoms with Gasteiger partial charge in [0, 0.05) is 23.9 Å². The first-order valence-corrected chi connectivity index (χ1v) is 8.11. The van der Waals surface area contributed by atoms with Crippen LogP contribution in [0, 0.1) is 0 Å². The Hall–Kier alpha value is -0.0300. The molecule has 94 valence electrons. The summed E-state index contributed by atoms with van der Waals surface area (Å²) in [7, 11) is 0. The van der Waals surface area contributed by atoms with Crippen molar-refractivity contribution in [2.24, 2.45) is 0 Å². The number of fused-ring (bicyclic) bond motifs is 1. The summed E-state index contributed by atoms with van der Waals surface area (Å²) in [6.45, 7) is 5.42. The lowest BCUT2D eigenvalue weighted by Crippen LogP contribution is -2.39. The number of thiophene rings is 1. The second-order valence-corrected chi connectivity index (χ2v) is 7.64. The van der Waals surface area contributed by atoms with Crippen LogP contribution in [0.3, 0.4) is 0 Å². The van der Waals surface area contributed by atoms with Gasteiger partial charge in [-0.15, -0.1) is 23.1 Å². The van der Waals surface area contributed by atoms with Crippen LogP contribution in [0.25, 0.3) is 0 Å². The molecule has 0 aromatic carbocycles. The van der Waals surface area contributed by atoms with Crippen molar-refractivity contribution in [2.45, 2.75) is 54.3 Å². The molecule has 3 unspecified atom stereocenters. The Balaban J connectivity index is 1.75. The lowest BCUT2D eigenvalue weighted by molar-refractivity contribution is 0.110. The average molecular weight is 269 g/mol. The average Bonchev–Trinajstić information content (AvgIpc) is 2.88. The van der Waals surface area contributed by atoms with E-state index in [4.69, 9.17) is 4.74 Å². The van der Waals surface area contributed by atoms with Gasteiger partial charge in [-0.1, -0.05) is 6.92 Å². The third-order valence-electron chi connectivity index (χ3n) is 3.70. The van der Waals surface area contributed by atoms with E-state index in [0.717, 1.165) is 18.3 Å². The molecule has 0 spiro atoms. The molecule has 2 nitrogen and oxygen atoms in total. The Kier molecular flexibility index (Phi) is 3.48. The van der Waals surface area contributed by atoms with E-state index in [9.17, 15) is 0 Å². The van der Waals surface area contributed by atoms with Crippen LogP contribution < -0.4 is 5.32 Å². The maximum atomic E-state index is 5.64. The quantitative estimate of drug-likeness (QED) is 0.888. The summed E-state index contributed by atoms with van der Waals surface area (Å²) in [6, 6.07) is 3.35. The number of hydrogen-bond acceptors (Lipinski definition) is 4. The van der Waals surface area contributed by atoms with Gasteiger partial charge in [-0.05, 0) is 36.8 Å². The van der Waals surface area contributed by atoms with E-state index in [1.807, 2.05) is 23.1 Å². The topological polar surface area (TPSA) is 21.3 Å². The van der Waals surface area contributed by atoms with E-state index in [2.05, 4.69) is 30.6 Å². The minimum Gasteiger partial charge on any atom is -0.377 e. The number of hydrogen-bond donors (Lipinski definition) is 1. The molecule has 4 atom stereocenters. The molecule has 0 bridgehead atoms. The molecule has 0 radical (unpaired) electrons. The van der Waals surface area contributed by atoms with Crippen molar-refractivity contribution in [3.63, 3.8) is 0 Å². The van der Waals surface area contributed by atoms with E-state index >= 15 is 0 Å². The highest BCUT2D eigenvalue weighted by molar-refractivity contribution is 8.01. The molecule has 0 amide bonds. The van der Waals surface area contributed by atoms with Crippen LogP contribution in [0.4, 0.5) is 0 Å². The summed E-state index contributed by atoms with van der Waals surface area (Å²) in [6.07, 6.45) is 2.75. The smallest absolute Gasteiger partial charge is 0.0700 e. The molecule has 0 saturated carbocycles. The summed E-state index contributed by atoms with van der Waals surface area (Å²) in [5.74, 6) is 0. The van der Waals surface area contributed by atoms with E-state index in [0.29, 0.717) is 18.2 Å². The molecule has 17 heavy (non-hydrogen) atoms. The Morgan fingerprint density at radius 2 is 2.29 bits per heavy atom. The Morgan fingerprint density at radius 3 is 3.06 bits per heavy atom. The Bertz CT molecular complexity index is 393. The van der Waals surface area contributed by atoms with Gasteiger partial charge in [-0.2, -0.15) is 0 Å². The van der Waals surface area contributed by atoms with Crippen molar-refractivity contribution in [1.82, 2.24) is 5.32 Å². The van der Waals surface area contributed by atoms with E-state index in [1.54, 1.807) is 0 Å². The molecule has 4 heteroatoms. The maximum Gasteiger partial charge on any atom is 0.0700 e. The van der Waals surface area contributed by atoms with Gasteiger partial charge in [-0.3, -0.25) is 0 Å². The van der Waals surface area contributed by atoms with Gasteiger partial charge in [0.1, 0.15) is 0 Å². The standard InChI is InChI=1S/C13H19NOS2/c1-8-7-12(10-4-6-16-13(10)17-8)14-11-3-5-15-9(11)2/h4,6,8-9,11-12,14H,3,5,7H2,1-2H3/t8-,9?,11?,12?/m0/s1. The molecule has 2 aliphatic rings. The number of ether oxygens (including phenoxy) is 1. The third-order valence-corrected chi connectivity index (χ3v) is 6.05. The highest BCUT2D eigenvalue weighted by Gasteiger charge is 2.31. The van der Waals surface area contributed by atoms with Gasteiger partial charge >= 0.3 is 0 Å². The number of thioether (sulfide) groups is 1. The summed E-state index contributed by atoms with van der Waals surface area (Å²) in [4.78, 5) is 0. The highest BCUT2D eigenvalue weighted by Crippen LogP contribution is 2.44. The van der Waals surface area contributed by atoms with Gasteiger partial charge in [-0.25, -0.2) is 0 Å². The fraction of sp³-hybridized carbons (Fsp3) is 0.692. The molecule has 1 saturated heterocycles. The van der Waals surface area contributed by atoms with Gasteiger partial charge in [0.2, 0.25) is 0 Å². The van der Waals surface area contributed by atoms with Crippen molar-refractivity contribution in [2.75, 3.05) is 6.61 Å². The maximum absolute atomic E-state index is 5.64. The minimum absolute atomic E-state index is 0.363. The molecule has 1 aromatic heterocycles. The molecular formula is C13H19NOS2. The van der Waals surface area contributed by atoms with Crippen LogP contribution in [0.2, 0.25) is 0 Å². The van der Waals surface area contributed by atoms with Crippen LogP contribution in [-0.2, 0) is 4.74 Å². The first kappa shape index (κ1) is 12.0. The van der Waals surface area contributed by atoms with Crippen molar-refractivity contribution in [1.29, 1.82) is 0 Å². The van der Waals surface area contributed by atoms with Crippen molar-refractivity contribution >= 4 is 23.1 Å². The monoisotopic (exact) mass is 269 g/mol. The second kappa shape index (κ2) is 4.92. The Morgan fingerprint density at radius 1 is 1.41 bits per heavy atom. The highest BCUT2D eigenvalue weighted by atomic mass is 32.2. The molecule has 3 rings (SSSR count). The summed E-state index contributed by atoms with van der Waals surface area (Å²) < 4.78 is 7.15. The predicted octanol–water partition coefficient (Wildman–Crippen LogP) is 3.44. The van der Waals surface area contributed by atoms with Crippen molar-refractivity contribution < 1.29 is 4.74 Å². The van der Waals surface area contributed by atoms with Gasteiger partial charge in [0.05, 0.1) is 10.3 Å². The number of nitrogens with one attached hydrogen (secondary N) is 1. The first-order chi connectivity index (χ1) is 8.24. The van der Waals surface area contributed by atoms with E-state index in [1.165, 1.54) is 16.2 Å². The lowest BCUT2D eigenvalue weighted by atomic mass is 10.0. The molecule has 1 aromatic rings. The summed E-state index contributed by atoms with van der Waals surface area (Å²) >= 11 is 3.91. The van der Waals surface area contributed by atoms with E-state index in [-0.39, 0.29) is 0 Å². The van der Waals surface area contributed by atoms with E-state index < -0.39 is 0 Å². The summed E-state index contributed by atoms with van der Waals surface area (Å²) in [5, 5.41) is 6.75. The Labute approximate surface area is 111 Å². The zero-order valence-electron chi connectivity index (χ0n) is 10.3. The van der Waals surface area contributed by atoms with Crippen LogP contribution in [-0.4, -0.2) is 24.0 Å². The molecule has 1 fully saturated rings. The van der Waals surface area contributed by atoms with Gasteiger partial charge in [0.15, 0.2) is 0 Å². The zero-order valence-corrected chi connectivity index (χ0v) is 11.9. The normalized spacial score (nSPS) is 37.1. The number of rotatable bonds is 2. The molecule has 1 N–H and O–H groups in total. The van der Waals surface area contributed by atoms with Crippen LogP contribution >= 0.6 is 23.1 Å². The van der Waals surface area contributed by atoms with Gasteiger partial charge < -0.3 is 10.1 Å². The lowest BCUT2D eigenvalue weighted by Gasteiger charge is -2.30. The van der Waals surface area contributed by atoms with Crippen LogP contribution in [0.15, 0.2) is 15.7 Å². The second-order valence-electron chi connectivity index (χ2n) is 5.02. The van der Waals surface area contributed by atoms with Crippen LogP contribution in [0.5, 0.6) is 0 Å². The van der Waals surface area contributed by atoms with Crippen LogP contribution in [0.1, 0.15) is 38.3 Å². The predicted molar refractivity (Wildman–Crippen MR) is 74.0 cm³/mol. The van der Waals surface area contributed by atoms with Crippen molar-refractivity contribution in [3.8, 4) is 0 Å². The molecule has 2 aliphatic heterocycles. The molecular weight excluding hydrogens is 250 g/mol. The first-order valence-electron chi connectivity index (χ1n) is 6.35. The molecule has 3 heterocycles. The SMILES string of the molecule is CC1OCCC1NC1C[C@H](C)Sc2sccc21. The minimum atomic E-state index is 0.363. The van der Waals surface area contributed by atoms with Gasteiger partial charge in [0.25, 0.3) is 0 Å². The fourth-order valence-corrected chi connectivity index (χ4v) is 5.28. The summed E-state index contributed by atoms with van der Waals surface area (Å²) in [5.41, 5.74) is 1.51. The largest absolute Gasteiger partial charge is 0.377 e.